The third kappa shape index (κ3) is 6.85. The van der Waals surface area contributed by atoms with Crippen LogP contribution < -0.4 is 20.5 Å². The Morgan fingerprint density at radius 1 is 1.15 bits per heavy atom. The van der Waals surface area contributed by atoms with Gasteiger partial charge in [0.2, 0.25) is 5.91 Å². The Hall–Kier alpha value is -2.69. The van der Waals surface area contributed by atoms with Crippen molar-refractivity contribution in [3.05, 3.63) is 53.6 Å². The van der Waals surface area contributed by atoms with Crippen LogP contribution in [0.3, 0.4) is 0 Å². The number of nitrogen functional groups attached to an aromatic ring is 1. The van der Waals surface area contributed by atoms with Gasteiger partial charge in [0.1, 0.15) is 0 Å². The summed E-state index contributed by atoms with van der Waals surface area (Å²) in [5, 5.41) is 2.94. The summed E-state index contributed by atoms with van der Waals surface area (Å²) in [6, 6.07) is 13.4. The van der Waals surface area contributed by atoms with Gasteiger partial charge in [0.15, 0.2) is 11.5 Å². The topological polar surface area (TPSA) is 73.6 Å². The Morgan fingerprint density at radius 3 is 2.63 bits per heavy atom. The van der Waals surface area contributed by atoms with E-state index < -0.39 is 0 Å². The molecular formula is C22H30N2O3. The second-order valence-electron chi connectivity index (χ2n) is 6.99. The molecule has 146 valence electrons. The van der Waals surface area contributed by atoms with Crippen LogP contribution in [0.1, 0.15) is 37.8 Å². The predicted octanol–water partition coefficient (Wildman–Crippen LogP) is 3.95. The van der Waals surface area contributed by atoms with E-state index in [0.29, 0.717) is 37.7 Å². The number of benzene rings is 2. The normalized spacial score (nSPS) is 10.7. The molecule has 0 saturated heterocycles. The number of methoxy groups -OCH3 is 1. The predicted molar refractivity (Wildman–Crippen MR) is 109 cm³/mol. The van der Waals surface area contributed by atoms with E-state index in [0.717, 1.165) is 29.0 Å². The molecule has 0 atom stereocenters. The van der Waals surface area contributed by atoms with Gasteiger partial charge in [-0.3, -0.25) is 4.79 Å². The van der Waals surface area contributed by atoms with Gasteiger partial charge in [0.25, 0.3) is 0 Å². The number of ether oxygens (including phenoxy) is 2. The molecule has 5 nitrogen and oxygen atoms in total. The first-order valence-corrected chi connectivity index (χ1v) is 9.39. The molecular weight excluding hydrogens is 340 g/mol. The highest BCUT2D eigenvalue weighted by Gasteiger charge is 2.08. The number of nitrogens with one attached hydrogen (secondary N) is 1. The Kier molecular flexibility index (Phi) is 7.99. The highest BCUT2D eigenvalue weighted by atomic mass is 16.5. The van der Waals surface area contributed by atoms with Gasteiger partial charge in [-0.15, -0.1) is 0 Å². The van der Waals surface area contributed by atoms with E-state index in [1.807, 2.05) is 42.5 Å². The summed E-state index contributed by atoms with van der Waals surface area (Å²) in [6.07, 6.45) is 2.03. The van der Waals surface area contributed by atoms with Gasteiger partial charge in [-0.25, -0.2) is 0 Å². The van der Waals surface area contributed by atoms with Crippen LogP contribution in [0.5, 0.6) is 11.5 Å². The number of hydrogen-bond acceptors (Lipinski definition) is 4. The third-order valence-electron chi connectivity index (χ3n) is 4.35. The first kappa shape index (κ1) is 20.6. The van der Waals surface area contributed by atoms with Crippen LogP contribution in [-0.2, 0) is 17.8 Å². The quantitative estimate of drug-likeness (QED) is 0.621. The Labute approximate surface area is 161 Å². The Morgan fingerprint density at radius 2 is 1.93 bits per heavy atom. The number of para-hydroxylation sites is 1. The molecule has 0 aliphatic rings. The summed E-state index contributed by atoms with van der Waals surface area (Å²) in [4.78, 5) is 12.1. The molecule has 27 heavy (non-hydrogen) atoms. The highest BCUT2D eigenvalue weighted by Crippen LogP contribution is 2.28. The summed E-state index contributed by atoms with van der Waals surface area (Å²) in [7, 11) is 1.62. The zero-order valence-corrected chi connectivity index (χ0v) is 16.5. The lowest BCUT2D eigenvalue weighted by atomic mass is 10.1. The zero-order valence-electron chi connectivity index (χ0n) is 16.5. The molecule has 0 heterocycles. The minimum Gasteiger partial charge on any atom is -0.493 e. The summed E-state index contributed by atoms with van der Waals surface area (Å²) < 4.78 is 11.2. The van der Waals surface area contributed by atoms with Crippen LogP contribution in [0, 0.1) is 5.92 Å². The molecule has 2 aromatic carbocycles. The van der Waals surface area contributed by atoms with Gasteiger partial charge >= 0.3 is 0 Å². The average Bonchev–Trinajstić information content (AvgIpc) is 2.66. The first-order valence-electron chi connectivity index (χ1n) is 9.39. The SMILES string of the molecule is COc1cc(CNC(=O)CCc2ccccc2N)ccc1OCCC(C)C. The van der Waals surface area contributed by atoms with Crippen molar-refractivity contribution in [2.24, 2.45) is 5.92 Å². The van der Waals surface area contributed by atoms with Gasteiger partial charge in [-0.2, -0.15) is 0 Å². The zero-order chi connectivity index (χ0) is 19.6. The number of amides is 1. The van der Waals surface area contributed by atoms with Crippen molar-refractivity contribution < 1.29 is 14.3 Å². The van der Waals surface area contributed by atoms with Crippen molar-refractivity contribution in [3.63, 3.8) is 0 Å². The Bertz CT molecular complexity index is 744. The van der Waals surface area contributed by atoms with Crippen LogP contribution in [0.4, 0.5) is 5.69 Å². The van der Waals surface area contributed by atoms with Crippen LogP contribution in [0.25, 0.3) is 0 Å². The maximum absolute atomic E-state index is 12.1. The minimum atomic E-state index is -0.00511. The lowest BCUT2D eigenvalue weighted by molar-refractivity contribution is -0.121. The molecule has 0 aliphatic carbocycles. The molecule has 0 spiro atoms. The molecule has 1 amide bonds. The second-order valence-corrected chi connectivity index (χ2v) is 6.99. The number of anilines is 1. The van der Waals surface area contributed by atoms with Gasteiger partial charge < -0.3 is 20.5 Å². The average molecular weight is 370 g/mol. The van der Waals surface area contributed by atoms with E-state index in [2.05, 4.69) is 19.2 Å². The number of aryl methyl sites for hydroxylation is 1. The molecule has 3 N–H and O–H groups in total. The van der Waals surface area contributed by atoms with Crippen LogP contribution in [0.15, 0.2) is 42.5 Å². The van der Waals surface area contributed by atoms with Gasteiger partial charge in [-0.1, -0.05) is 38.1 Å². The molecule has 0 fully saturated rings. The van der Waals surface area contributed by atoms with Gasteiger partial charge in [0, 0.05) is 18.7 Å². The van der Waals surface area contributed by atoms with Crippen LogP contribution in [0.2, 0.25) is 0 Å². The maximum atomic E-state index is 12.1. The summed E-state index contributed by atoms with van der Waals surface area (Å²) in [5.74, 6) is 2.00. The summed E-state index contributed by atoms with van der Waals surface area (Å²) in [6.45, 7) is 5.44. The molecule has 0 saturated carbocycles. The lowest BCUT2D eigenvalue weighted by Gasteiger charge is -2.13. The van der Waals surface area contributed by atoms with Crippen molar-refractivity contribution >= 4 is 11.6 Å². The van der Waals surface area contributed by atoms with Crippen molar-refractivity contribution in [2.45, 2.75) is 39.7 Å². The molecule has 0 unspecified atom stereocenters. The molecule has 0 radical (unpaired) electrons. The number of rotatable bonds is 10. The second kappa shape index (κ2) is 10.5. The van der Waals surface area contributed by atoms with Gasteiger partial charge in [-0.05, 0) is 48.1 Å². The fourth-order valence-electron chi connectivity index (χ4n) is 2.64. The van der Waals surface area contributed by atoms with Crippen molar-refractivity contribution in [1.82, 2.24) is 5.32 Å². The van der Waals surface area contributed by atoms with Gasteiger partial charge in [0.05, 0.1) is 13.7 Å². The number of hydrogen-bond donors (Lipinski definition) is 2. The smallest absolute Gasteiger partial charge is 0.220 e. The Balaban J connectivity index is 1.84. The monoisotopic (exact) mass is 370 g/mol. The van der Waals surface area contributed by atoms with Crippen LogP contribution >= 0.6 is 0 Å². The largest absolute Gasteiger partial charge is 0.493 e. The third-order valence-corrected chi connectivity index (χ3v) is 4.35. The number of nitrogens with two attached hydrogens (primary N) is 1. The molecule has 0 aromatic heterocycles. The summed E-state index contributed by atoms with van der Waals surface area (Å²) >= 11 is 0. The van der Waals surface area contributed by atoms with Crippen molar-refractivity contribution in [1.29, 1.82) is 0 Å². The fraction of sp³-hybridized carbons (Fsp3) is 0.409. The van der Waals surface area contributed by atoms with Crippen molar-refractivity contribution in [3.8, 4) is 11.5 Å². The van der Waals surface area contributed by atoms with E-state index in [1.165, 1.54) is 0 Å². The minimum absolute atomic E-state index is 0.00511. The molecule has 0 aliphatic heterocycles. The van der Waals surface area contributed by atoms with E-state index in [1.54, 1.807) is 7.11 Å². The van der Waals surface area contributed by atoms with E-state index in [-0.39, 0.29) is 5.91 Å². The van der Waals surface area contributed by atoms with Crippen LogP contribution in [-0.4, -0.2) is 19.6 Å². The van der Waals surface area contributed by atoms with E-state index in [9.17, 15) is 4.79 Å². The molecule has 0 bridgehead atoms. The van der Waals surface area contributed by atoms with E-state index >= 15 is 0 Å². The van der Waals surface area contributed by atoms with E-state index in [4.69, 9.17) is 15.2 Å². The molecule has 2 rings (SSSR count). The molecule has 5 heteroatoms. The lowest BCUT2D eigenvalue weighted by Crippen LogP contribution is -2.23. The number of carbonyl (C=O) groups is 1. The fourth-order valence-corrected chi connectivity index (χ4v) is 2.64. The highest BCUT2D eigenvalue weighted by molar-refractivity contribution is 5.76. The maximum Gasteiger partial charge on any atom is 0.220 e. The number of carbonyl (C=O) groups excluding carboxylic acids is 1. The molecule has 2 aromatic rings. The summed E-state index contributed by atoms with van der Waals surface area (Å²) in [5.41, 5.74) is 8.60. The standard InChI is InChI=1S/C22H30N2O3/c1-16(2)12-13-27-20-10-8-17(14-21(20)26-3)15-24-22(25)11-9-18-6-4-5-7-19(18)23/h4-8,10,14,16H,9,11-13,15,23H2,1-3H3,(H,24,25). The van der Waals surface area contributed by atoms with Crippen molar-refractivity contribution in [2.75, 3.05) is 19.5 Å². The first-order chi connectivity index (χ1) is 13.0.